The fraction of sp³-hybridized carbons (Fsp3) is 0.200. The summed E-state index contributed by atoms with van der Waals surface area (Å²) >= 11 is 6.10. The molecule has 0 spiro atoms. The van der Waals surface area contributed by atoms with E-state index in [0.29, 0.717) is 33.6 Å². The molecule has 2 aromatic rings. The van der Waals surface area contributed by atoms with Crippen molar-refractivity contribution in [3.63, 3.8) is 0 Å². The summed E-state index contributed by atoms with van der Waals surface area (Å²) < 4.78 is 10.9. The molecule has 0 aliphatic rings. The van der Waals surface area contributed by atoms with Gasteiger partial charge in [-0.25, -0.2) is 4.98 Å². The second-order valence-electron chi connectivity index (χ2n) is 4.14. The van der Waals surface area contributed by atoms with Crippen LogP contribution in [0.25, 0.3) is 0 Å². The lowest BCUT2D eigenvalue weighted by Crippen LogP contribution is -2.03. The van der Waals surface area contributed by atoms with E-state index >= 15 is 0 Å². The van der Waals surface area contributed by atoms with Crippen molar-refractivity contribution in [1.29, 1.82) is 5.26 Å². The summed E-state index contributed by atoms with van der Waals surface area (Å²) in [6.07, 6.45) is 0. The molecule has 0 aliphatic carbocycles. The van der Waals surface area contributed by atoms with Crippen LogP contribution in [0.3, 0.4) is 0 Å². The summed E-state index contributed by atoms with van der Waals surface area (Å²) in [7, 11) is 3.31. The molecule has 0 radical (unpaired) electrons. The van der Waals surface area contributed by atoms with Crippen LogP contribution in [0.4, 0.5) is 5.82 Å². The lowest BCUT2D eigenvalue weighted by atomic mass is 10.2. The van der Waals surface area contributed by atoms with Crippen LogP contribution in [0.5, 0.6) is 11.5 Å². The maximum Gasteiger partial charge on any atom is 0.162 e. The van der Waals surface area contributed by atoms with Crippen LogP contribution in [-0.4, -0.2) is 19.1 Å². The van der Waals surface area contributed by atoms with Gasteiger partial charge >= 0.3 is 0 Å². The third-order valence-corrected chi connectivity index (χ3v) is 3.18. The lowest BCUT2D eigenvalue weighted by molar-refractivity contribution is 0.281. The standard InChI is InChI=1S/C15H14ClN3O2/c1-18-15-6-4-11(16)12(19-15)9-21-13-5-3-10(8-17)7-14(13)20-2/h3-7H,9H2,1-2H3,(H,18,19). The highest BCUT2D eigenvalue weighted by Gasteiger charge is 2.09. The van der Waals surface area contributed by atoms with Crippen LogP contribution in [0, 0.1) is 11.3 Å². The van der Waals surface area contributed by atoms with Gasteiger partial charge in [0.2, 0.25) is 0 Å². The third kappa shape index (κ3) is 3.56. The number of pyridine rings is 1. The van der Waals surface area contributed by atoms with Gasteiger partial charge in [-0.15, -0.1) is 0 Å². The average Bonchev–Trinajstić information content (AvgIpc) is 2.54. The first-order valence-electron chi connectivity index (χ1n) is 6.22. The highest BCUT2D eigenvalue weighted by molar-refractivity contribution is 6.31. The molecular formula is C15H14ClN3O2. The van der Waals surface area contributed by atoms with E-state index in [0.717, 1.165) is 0 Å². The van der Waals surface area contributed by atoms with Gasteiger partial charge in [-0.1, -0.05) is 11.6 Å². The number of aromatic nitrogens is 1. The zero-order chi connectivity index (χ0) is 15.2. The molecular weight excluding hydrogens is 290 g/mol. The van der Waals surface area contributed by atoms with Crippen LogP contribution in [0.2, 0.25) is 5.02 Å². The van der Waals surface area contributed by atoms with Gasteiger partial charge in [0.15, 0.2) is 11.5 Å². The minimum atomic E-state index is 0.205. The Morgan fingerprint density at radius 3 is 2.76 bits per heavy atom. The number of nitriles is 1. The Morgan fingerprint density at radius 2 is 2.10 bits per heavy atom. The molecule has 21 heavy (non-hydrogen) atoms. The molecule has 0 amide bonds. The van der Waals surface area contributed by atoms with E-state index in [4.69, 9.17) is 26.3 Å². The van der Waals surface area contributed by atoms with Crippen molar-refractivity contribution in [3.05, 3.63) is 46.6 Å². The summed E-state index contributed by atoms with van der Waals surface area (Å²) in [5.41, 5.74) is 1.13. The maximum absolute atomic E-state index is 8.87. The summed E-state index contributed by atoms with van der Waals surface area (Å²) in [6, 6.07) is 10.6. The van der Waals surface area contributed by atoms with E-state index in [1.54, 1.807) is 37.4 Å². The number of hydrogen-bond acceptors (Lipinski definition) is 5. The van der Waals surface area contributed by atoms with Gasteiger partial charge < -0.3 is 14.8 Å². The van der Waals surface area contributed by atoms with Gasteiger partial charge in [0.25, 0.3) is 0 Å². The van der Waals surface area contributed by atoms with Crippen molar-refractivity contribution in [2.24, 2.45) is 0 Å². The number of benzene rings is 1. The number of ether oxygens (including phenoxy) is 2. The molecule has 0 fully saturated rings. The molecule has 6 heteroatoms. The monoisotopic (exact) mass is 303 g/mol. The predicted molar refractivity (Wildman–Crippen MR) is 80.8 cm³/mol. The van der Waals surface area contributed by atoms with Crippen molar-refractivity contribution in [1.82, 2.24) is 4.98 Å². The van der Waals surface area contributed by atoms with Crippen molar-refractivity contribution in [2.75, 3.05) is 19.5 Å². The van der Waals surface area contributed by atoms with E-state index in [1.807, 2.05) is 6.07 Å². The number of anilines is 1. The summed E-state index contributed by atoms with van der Waals surface area (Å²) in [4.78, 5) is 4.33. The highest BCUT2D eigenvalue weighted by Crippen LogP contribution is 2.29. The van der Waals surface area contributed by atoms with Crippen molar-refractivity contribution in [2.45, 2.75) is 6.61 Å². The van der Waals surface area contributed by atoms with E-state index in [2.05, 4.69) is 10.3 Å². The topological polar surface area (TPSA) is 67.2 Å². The number of methoxy groups -OCH3 is 1. The van der Waals surface area contributed by atoms with E-state index < -0.39 is 0 Å². The first kappa shape index (κ1) is 14.9. The SMILES string of the molecule is CNc1ccc(Cl)c(COc2ccc(C#N)cc2OC)n1. The van der Waals surface area contributed by atoms with Gasteiger partial charge in [0, 0.05) is 13.1 Å². The molecule has 1 aromatic heterocycles. The van der Waals surface area contributed by atoms with Crippen molar-refractivity contribution in [3.8, 4) is 17.6 Å². The fourth-order valence-electron chi connectivity index (χ4n) is 1.73. The highest BCUT2D eigenvalue weighted by atomic mass is 35.5. The lowest BCUT2D eigenvalue weighted by Gasteiger charge is -2.12. The molecule has 5 nitrogen and oxygen atoms in total. The molecule has 0 saturated heterocycles. The third-order valence-electron chi connectivity index (χ3n) is 2.83. The quantitative estimate of drug-likeness (QED) is 0.918. The summed E-state index contributed by atoms with van der Waals surface area (Å²) in [6.45, 7) is 0.205. The van der Waals surface area contributed by atoms with Gasteiger partial charge in [-0.2, -0.15) is 5.26 Å². The Morgan fingerprint density at radius 1 is 1.29 bits per heavy atom. The Balaban J connectivity index is 2.18. The normalized spacial score (nSPS) is 9.81. The first-order valence-corrected chi connectivity index (χ1v) is 6.60. The Labute approximate surface area is 128 Å². The fourth-order valence-corrected chi connectivity index (χ4v) is 1.89. The zero-order valence-corrected chi connectivity index (χ0v) is 12.4. The van der Waals surface area contributed by atoms with Crippen LogP contribution >= 0.6 is 11.6 Å². The number of hydrogen-bond donors (Lipinski definition) is 1. The Bertz CT molecular complexity index is 683. The first-order chi connectivity index (χ1) is 10.2. The number of nitrogens with one attached hydrogen (secondary N) is 1. The minimum absolute atomic E-state index is 0.205. The molecule has 0 unspecified atom stereocenters. The molecule has 2 rings (SSSR count). The van der Waals surface area contributed by atoms with Crippen molar-refractivity contribution >= 4 is 17.4 Å². The largest absolute Gasteiger partial charge is 0.493 e. The molecule has 0 atom stereocenters. The molecule has 1 heterocycles. The van der Waals surface area contributed by atoms with E-state index in [9.17, 15) is 0 Å². The summed E-state index contributed by atoms with van der Waals surface area (Å²) in [5.74, 6) is 1.74. The molecule has 0 aliphatic heterocycles. The van der Waals surface area contributed by atoms with Gasteiger partial charge in [-0.05, 0) is 24.3 Å². The average molecular weight is 304 g/mol. The molecule has 1 N–H and O–H groups in total. The van der Waals surface area contributed by atoms with Gasteiger partial charge in [0.05, 0.1) is 29.5 Å². The smallest absolute Gasteiger partial charge is 0.162 e. The second-order valence-corrected chi connectivity index (χ2v) is 4.55. The number of nitrogens with zero attached hydrogens (tertiary/aromatic N) is 2. The van der Waals surface area contributed by atoms with Crippen LogP contribution in [-0.2, 0) is 6.61 Å². The molecule has 0 saturated carbocycles. The van der Waals surface area contributed by atoms with Crippen molar-refractivity contribution < 1.29 is 9.47 Å². The summed E-state index contributed by atoms with van der Waals surface area (Å²) in [5, 5.41) is 12.3. The Hall–Kier alpha value is -2.45. The Kier molecular flexibility index (Phi) is 4.85. The second kappa shape index (κ2) is 6.82. The number of halogens is 1. The van der Waals surface area contributed by atoms with Gasteiger partial charge in [0.1, 0.15) is 12.4 Å². The van der Waals surface area contributed by atoms with Crippen LogP contribution in [0.15, 0.2) is 30.3 Å². The van der Waals surface area contributed by atoms with Crippen LogP contribution < -0.4 is 14.8 Å². The number of rotatable bonds is 5. The molecule has 108 valence electrons. The minimum Gasteiger partial charge on any atom is -0.493 e. The van der Waals surface area contributed by atoms with E-state index in [-0.39, 0.29) is 6.61 Å². The molecule has 0 bridgehead atoms. The maximum atomic E-state index is 8.87. The zero-order valence-electron chi connectivity index (χ0n) is 11.7. The predicted octanol–water partition coefficient (Wildman–Crippen LogP) is 3.24. The molecule has 1 aromatic carbocycles. The van der Waals surface area contributed by atoms with Gasteiger partial charge in [-0.3, -0.25) is 0 Å². The van der Waals surface area contributed by atoms with Crippen LogP contribution in [0.1, 0.15) is 11.3 Å². The van der Waals surface area contributed by atoms with E-state index in [1.165, 1.54) is 7.11 Å².